The summed E-state index contributed by atoms with van der Waals surface area (Å²) in [5.74, 6) is 0. The molecule has 0 aromatic heterocycles. The SMILES string of the molecule is C=CCC1(CC=C)c2ccccc2-c2cccc(C3=C4C=CC(=N4)C=C4C=CC(=N4)C=C4C=CC(=N4)C=C4C=CC3=N4)c21. The average Bonchev–Trinajstić information content (AvgIpc) is 3.85. The second-order valence-electron chi connectivity index (χ2n) is 11.2. The Morgan fingerprint density at radius 1 is 0.558 bits per heavy atom. The molecule has 0 saturated heterocycles. The van der Waals surface area contributed by atoms with Crippen LogP contribution in [0.3, 0.4) is 0 Å². The average molecular weight is 553 g/mol. The van der Waals surface area contributed by atoms with E-state index in [9.17, 15) is 0 Å². The Hall–Kier alpha value is -5.48. The number of hydrogen-bond donors (Lipinski definition) is 0. The number of nitrogens with zero attached hydrogens (tertiary/aromatic N) is 4. The maximum absolute atomic E-state index is 5.14. The zero-order valence-electron chi connectivity index (χ0n) is 23.7. The van der Waals surface area contributed by atoms with Gasteiger partial charge in [0.1, 0.15) is 0 Å². The minimum atomic E-state index is -0.293. The van der Waals surface area contributed by atoms with Crippen molar-refractivity contribution >= 4 is 28.4 Å². The van der Waals surface area contributed by atoms with Gasteiger partial charge in [-0.3, -0.25) is 0 Å². The van der Waals surface area contributed by atoms with E-state index in [2.05, 4.69) is 79.9 Å². The highest BCUT2D eigenvalue weighted by Crippen LogP contribution is 2.55. The minimum absolute atomic E-state index is 0.293. The van der Waals surface area contributed by atoms with Gasteiger partial charge in [0.25, 0.3) is 0 Å². The van der Waals surface area contributed by atoms with Crippen molar-refractivity contribution in [1.82, 2.24) is 0 Å². The lowest BCUT2D eigenvalue weighted by Crippen LogP contribution is -2.25. The van der Waals surface area contributed by atoms with Crippen molar-refractivity contribution in [3.8, 4) is 11.1 Å². The fourth-order valence-corrected chi connectivity index (χ4v) is 6.94. The molecule has 5 aliphatic heterocycles. The van der Waals surface area contributed by atoms with Gasteiger partial charge in [-0.1, -0.05) is 54.6 Å². The number of fused-ring (bicyclic) bond motifs is 7. The normalized spacial score (nSPS) is 19.8. The molecule has 2 aromatic rings. The fourth-order valence-electron chi connectivity index (χ4n) is 6.94. The molecule has 5 heterocycles. The molecule has 0 saturated carbocycles. The Morgan fingerprint density at radius 2 is 1.14 bits per heavy atom. The lowest BCUT2D eigenvalue weighted by atomic mass is 9.70. The summed E-state index contributed by atoms with van der Waals surface area (Å²) in [6.07, 6.45) is 28.1. The summed E-state index contributed by atoms with van der Waals surface area (Å²) in [6.45, 7) is 8.38. The molecule has 8 bridgehead atoms. The van der Waals surface area contributed by atoms with Crippen molar-refractivity contribution in [2.24, 2.45) is 20.0 Å². The molecule has 1 aliphatic carbocycles. The molecule has 0 atom stereocenters. The van der Waals surface area contributed by atoms with Crippen LogP contribution < -0.4 is 0 Å². The van der Waals surface area contributed by atoms with Gasteiger partial charge >= 0.3 is 0 Å². The monoisotopic (exact) mass is 552 g/mol. The minimum Gasteiger partial charge on any atom is -0.249 e. The fraction of sp³-hybridized carbons (Fsp3) is 0.0769. The Labute approximate surface area is 251 Å². The van der Waals surface area contributed by atoms with E-state index in [1.807, 2.05) is 54.7 Å². The van der Waals surface area contributed by atoms with E-state index in [1.165, 1.54) is 22.3 Å². The molecule has 43 heavy (non-hydrogen) atoms. The molecule has 4 heteroatoms. The second kappa shape index (κ2) is 9.81. The van der Waals surface area contributed by atoms with Gasteiger partial charge in [-0.25, -0.2) is 20.0 Å². The summed E-state index contributed by atoms with van der Waals surface area (Å²) in [7, 11) is 0. The first-order valence-electron chi connectivity index (χ1n) is 14.6. The van der Waals surface area contributed by atoms with Crippen LogP contribution in [0.5, 0.6) is 0 Å². The van der Waals surface area contributed by atoms with Gasteiger partial charge in [0.15, 0.2) is 0 Å². The predicted molar refractivity (Wildman–Crippen MR) is 180 cm³/mol. The molecule has 0 amide bonds. The predicted octanol–water partition coefficient (Wildman–Crippen LogP) is 8.52. The summed E-state index contributed by atoms with van der Waals surface area (Å²) >= 11 is 0. The zero-order valence-corrected chi connectivity index (χ0v) is 23.7. The van der Waals surface area contributed by atoms with Crippen molar-refractivity contribution in [3.05, 3.63) is 174 Å². The van der Waals surface area contributed by atoms with E-state index < -0.39 is 0 Å². The summed E-state index contributed by atoms with van der Waals surface area (Å²) in [6, 6.07) is 15.4. The molecule has 0 spiro atoms. The highest BCUT2D eigenvalue weighted by Gasteiger charge is 2.43. The smallest absolute Gasteiger partial charge is 0.0737 e. The Balaban J connectivity index is 1.40. The number of hydrogen-bond acceptors (Lipinski definition) is 4. The largest absolute Gasteiger partial charge is 0.249 e. The second-order valence-corrected chi connectivity index (χ2v) is 11.2. The van der Waals surface area contributed by atoms with E-state index in [4.69, 9.17) is 20.0 Å². The summed E-state index contributed by atoms with van der Waals surface area (Å²) in [5, 5.41) is 0. The summed E-state index contributed by atoms with van der Waals surface area (Å²) in [4.78, 5) is 19.9. The maximum atomic E-state index is 5.14. The molecule has 8 rings (SSSR count). The number of aliphatic imine (C=N–C) groups is 4. The summed E-state index contributed by atoms with van der Waals surface area (Å²) < 4.78 is 0. The molecule has 0 unspecified atom stereocenters. The highest BCUT2D eigenvalue weighted by atomic mass is 14.8. The van der Waals surface area contributed by atoms with Crippen LogP contribution in [-0.4, -0.2) is 22.8 Å². The van der Waals surface area contributed by atoms with Gasteiger partial charge in [-0.2, -0.15) is 0 Å². The first-order chi connectivity index (χ1) is 21.1. The van der Waals surface area contributed by atoms with E-state index in [1.54, 1.807) is 0 Å². The Bertz CT molecular complexity index is 2030. The Kier molecular flexibility index (Phi) is 5.76. The van der Waals surface area contributed by atoms with Crippen molar-refractivity contribution in [2.75, 3.05) is 0 Å². The molecule has 6 aliphatic rings. The van der Waals surface area contributed by atoms with Crippen molar-refractivity contribution < 1.29 is 0 Å². The van der Waals surface area contributed by atoms with Crippen LogP contribution in [0.1, 0.15) is 29.5 Å². The lowest BCUT2D eigenvalue weighted by molar-refractivity contribution is 0.542. The van der Waals surface area contributed by atoms with Crippen LogP contribution in [0.4, 0.5) is 0 Å². The third kappa shape index (κ3) is 4.06. The van der Waals surface area contributed by atoms with Crippen LogP contribution in [0, 0.1) is 0 Å². The number of allylic oxidation sites excluding steroid dienone is 14. The van der Waals surface area contributed by atoms with Crippen LogP contribution in [-0.2, 0) is 5.41 Å². The van der Waals surface area contributed by atoms with Gasteiger partial charge in [-0.05, 0) is 107 Å². The molecule has 4 nitrogen and oxygen atoms in total. The molecule has 2 aromatic carbocycles. The molecular weight excluding hydrogens is 524 g/mol. The van der Waals surface area contributed by atoms with Crippen LogP contribution in [0.25, 0.3) is 16.7 Å². The number of benzene rings is 2. The molecular formula is C39H28N4. The lowest BCUT2D eigenvalue weighted by Gasteiger charge is -2.32. The quantitative estimate of drug-likeness (QED) is 0.334. The van der Waals surface area contributed by atoms with Gasteiger partial charge in [0.2, 0.25) is 0 Å². The van der Waals surface area contributed by atoms with Crippen LogP contribution >= 0.6 is 0 Å². The first kappa shape index (κ1) is 25.2. The standard InChI is InChI=1S/C39H28N4/c1-3-20-39(21-4-2)34-11-6-5-8-31(34)32-9-7-10-33(38(32)39)37-35-18-16-29(42-35)23-27-14-12-25(40-27)22-26-13-15-28(41-26)24-30-17-19-36(37)43-30/h3-19,22-24H,1-2,20-21H2. The topological polar surface area (TPSA) is 49.4 Å². The van der Waals surface area contributed by atoms with Crippen molar-refractivity contribution in [2.45, 2.75) is 18.3 Å². The van der Waals surface area contributed by atoms with Crippen LogP contribution in [0.2, 0.25) is 0 Å². The Morgan fingerprint density at radius 3 is 1.86 bits per heavy atom. The summed E-state index contributed by atoms with van der Waals surface area (Å²) in [5.41, 5.74) is 13.9. The van der Waals surface area contributed by atoms with Gasteiger partial charge in [0.05, 0.1) is 45.6 Å². The number of rotatable bonds is 5. The van der Waals surface area contributed by atoms with E-state index in [0.717, 1.165) is 69.6 Å². The molecule has 0 fully saturated rings. The van der Waals surface area contributed by atoms with Gasteiger partial charge < -0.3 is 0 Å². The van der Waals surface area contributed by atoms with Crippen molar-refractivity contribution in [3.63, 3.8) is 0 Å². The van der Waals surface area contributed by atoms with E-state index in [0.29, 0.717) is 0 Å². The van der Waals surface area contributed by atoms with E-state index in [-0.39, 0.29) is 5.41 Å². The van der Waals surface area contributed by atoms with Gasteiger partial charge in [0, 0.05) is 11.0 Å². The third-order valence-electron chi connectivity index (χ3n) is 8.62. The molecule has 0 N–H and O–H groups in total. The highest BCUT2D eigenvalue weighted by molar-refractivity contribution is 6.33. The first-order valence-corrected chi connectivity index (χ1v) is 14.6. The zero-order chi connectivity index (χ0) is 29.0. The van der Waals surface area contributed by atoms with E-state index >= 15 is 0 Å². The van der Waals surface area contributed by atoms with Crippen LogP contribution in [0.15, 0.2) is 177 Å². The maximum Gasteiger partial charge on any atom is 0.0737 e. The third-order valence-corrected chi connectivity index (χ3v) is 8.62. The van der Waals surface area contributed by atoms with Gasteiger partial charge in [-0.15, -0.1) is 13.2 Å². The molecule has 204 valence electrons. The molecule has 0 radical (unpaired) electrons. The van der Waals surface area contributed by atoms with Crippen molar-refractivity contribution in [1.29, 1.82) is 0 Å².